The molecule has 0 saturated carbocycles. The van der Waals surface area contributed by atoms with Crippen molar-refractivity contribution in [2.75, 3.05) is 0 Å². The first kappa shape index (κ1) is 31.5. The molecule has 1 unspecified atom stereocenters. The van der Waals surface area contributed by atoms with Gasteiger partial charge in [-0.15, -0.1) is 0 Å². The first-order valence-electron chi connectivity index (χ1n) is 11.7. The fourth-order valence-corrected chi connectivity index (χ4v) is 3.57. The van der Waals surface area contributed by atoms with E-state index >= 15 is 0 Å². The van der Waals surface area contributed by atoms with Gasteiger partial charge < -0.3 is 15.0 Å². The first-order chi connectivity index (χ1) is 13.6. The number of carboxylic acid groups (broad SMARTS) is 2. The SMILES string of the molecule is CC/C=C/CCCCCCCCCCCCCCCCC(CC(=O)[O-])C(=O)O.[K+]. The average molecular weight is 435 g/mol. The number of allylic oxidation sites excluding steroid dienone is 2. The first-order valence-corrected chi connectivity index (χ1v) is 11.7. The molecule has 0 fully saturated rings. The third-order valence-electron chi connectivity index (χ3n) is 5.34. The summed E-state index contributed by atoms with van der Waals surface area (Å²) in [6.45, 7) is 2.18. The number of aliphatic carboxylic acids is 2. The molecule has 1 N–H and O–H groups in total. The molecule has 29 heavy (non-hydrogen) atoms. The maximum atomic E-state index is 11.0. The van der Waals surface area contributed by atoms with Crippen LogP contribution in [0.5, 0.6) is 0 Å². The summed E-state index contributed by atoms with van der Waals surface area (Å²) in [7, 11) is 0. The van der Waals surface area contributed by atoms with Gasteiger partial charge in [0.2, 0.25) is 0 Å². The molecular weight excluding hydrogens is 391 g/mol. The average Bonchev–Trinajstić information content (AvgIpc) is 2.65. The summed E-state index contributed by atoms with van der Waals surface area (Å²) in [6.07, 6.45) is 24.6. The minimum Gasteiger partial charge on any atom is -0.550 e. The molecule has 0 saturated heterocycles. The predicted octanol–water partition coefficient (Wildman–Crippen LogP) is 3.04. The van der Waals surface area contributed by atoms with Gasteiger partial charge in [-0.2, -0.15) is 0 Å². The summed E-state index contributed by atoms with van der Waals surface area (Å²) in [5.74, 6) is -3.08. The molecule has 4 nitrogen and oxygen atoms in total. The quantitative estimate of drug-likeness (QED) is 0.171. The summed E-state index contributed by atoms with van der Waals surface area (Å²) in [6, 6.07) is 0. The number of carboxylic acids is 2. The smallest absolute Gasteiger partial charge is 0.550 e. The van der Waals surface area contributed by atoms with Crippen LogP contribution in [0.15, 0.2) is 12.2 Å². The number of hydrogen-bond donors (Lipinski definition) is 1. The van der Waals surface area contributed by atoms with Crippen molar-refractivity contribution >= 4 is 11.9 Å². The summed E-state index contributed by atoms with van der Waals surface area (Å²) in [5.41, 5.74) is 0. The Kier molecular flexibility index (Phi) is 26.7. The Labute approximate surface area is 221 Å². The summed E-state index contributed by atoms with van der Waals surface area (Å²) < 4.78 is 0. The number of carbonyl (C=O) groups excluding carboxylic acids is 1. The number of rotatable bonds is 21. The molecule has 0 radical (unpaired) electrons. The number of unbranched alkanes of at least 4 members (excludes halogenated alkanes) is 14. The summed E-state index contributed by atoms with van der Waals surface area (Å²) in [5, 5.41) is 19.5. The van der Waals surface area contributed by atoms with Crippen LogP contribution in [0.2, 0.25) is 0 Å². The van der Waals surface area contributed by atoms with Crippen molar-refractivity contribution in [2.45, 2.75) is 122 Å². The molecule has 0 aromatic carbocycles. The van der Waals surface area contributed by atoms with Gasteiger partial charge in [-0.25, -0.2) is 0 Å². The molecule has 0 rings (SSSR count). The van der Waals surface area contributed by atoms with E-state index in [1.54, 1.807) is 0 Å². The fraction of sp³-hybridized carbons (Fsp3) is 0.833. The van der Waals surface area contributed by atoms with Crippen molar-refractivity contribution in [3.63, 3.8) is 0 Å². The second kappa shape index (κ2) is 24.6. The van der Waals surface area contributed by atoms with Gasteiger partial charge in [0.1, 0.15) is 0 Å². The van der Waals surface area contributed by atoms with Crippen molar-refractivity contribution in [2.24, 2.45) is 5.92 Å². The Morgan fingerprint density at radius 2 is 1.17 bits per heavy atom. The molecule has 0 aliphatic rings. The second-order valence-corrected chi connectivity index (χ2v) is 8.02. The van der Waals surface area contributed by atoms with Crippen LogP contribution in [0, 0.1) is 5.92 Å². The van der Waals surface area contributed by atoms with E-state index in [4.69, 9.17) is 5.11 Å². The third-order valence-corrected chi connectivity index (χ3v) is 5.34. The molecule has 164 valence electrons. The van der Waals surface area contributed by atoms with Crippen LogP contribution in [0.25, 0.3) is 0 Å². The van der Waals surface area contributed by atoms with Gasteiger partial charge >= 0.3 is 57.4 Å². The largest absolute Gasteiger partial charge is 1.00 e. The standard InChI is InChI=1S/C24H44O4.K/c1-2-3-4-5-6-7-8-9-10-11-12-13-14-15-16-17-18-19-20-22(24(27)28)21-23(25)26;/h3-4,22H,2,5-21H2,1H3,(H,25,26)(H,27,28);/q;+1/p-1/b4-3+;. The van der Waals surface area contributed by atoms with Gasteiger partial charge in [-0.05, 0) is 25.7 Å². The predicted molar refractivity (Wildman–Crippen MR) is 114 cm³/mol. The molecule has 0 bridgehead atoms. The van der Waals surface area contributed by atoms with E-state index in [0.29, 0.717) is 6.42 Å². The minimum atomic E-state index is -1.27. The molecule has 0 amide bonds. The van der Waals surface area contributed by atoms with Crippen molar-refractivity contribution in [1.29, 1.82) is 0 Å². The summed E-state index contributed by atoms with van der Waals surface area (Å²) >= 11 is 0. The van der Waals surface area contributed by atoms with Crippen LogP contribution in [0.3, 0.4) is 0 Å². The normalized spacial score (nSPS) is 12.0. The number of carbonyl (C=O) groups is 2. The second-order valence-electron chi connectivity index (χ2n) is 8.02. The van der Waals surface area contributed by atoms with Gasteiger partial charge in [0, 0.05) is 12.4 Å². The monoisotopic (exact) mass is 434 g/mol. The topological polar surface area (TPSA) is 77.4 Å². The fourth-order valence-electron chi connectivity index (χ4n) is 3.57. The maximum Gasteiger partial charge on any atom is 1.00 e. The zero-order chi connectivity index (χ0) is 20.9. The van der Waals surface area contributed by atoms with Crippen molar-refractivity contribution < 1.29 is 71.2 Å². The van der Waals surface area contributed by atoms with E-state index in [1.165, 1.54) is 77.0 Å². The van der Waals surface area contributed by atoms with Gasteiger partial charge in [-0.1, -0.05) is 103 Å². The van der Waals surface area contributed by atoms with E-state index < -0.39 is 17.9 Å². The van der Waals surface area contributed by atoms with E-state index in [2.05, 4.69) is 19.1 Å². The van der Waals surface area contributed by atoms with Crippen LogP contribution >= 0.6 is 0 Å². The Morgan fingerprint density at radius 3 is 1.55 bits per heavy atom. The van der Waals surface area contributed by atoms with Crippen molar-refractivity contribution in [3.05, 3.63) is 12.2 Å². The molecule has 0 aromatic heterocycles. The molecule has 0 spiro atoms. The van der Waals surface area contributed by atoms with E-state index in [0.717, 1.165) is 25.7 Å². The molecule has 1 atom stereocenters. The van der Waals surface area contributed by atoms with Crippen LogP contribution in [-0.2, 0) is 9.59 Å². The maximum absolute atomic E-state index is 11.0. The third kappa shape index (κ3) is 24.5. The van der Waals surface area contributed by atoms with Gasteiger partial charge in [0.05, 0.1) is 5.92 Å². The summed E-state index contributed by atoms with van der Waals surface area (Å²) in [4.78, 5) is 21.5. The molecule has 0 heterocycles. The Bertz CT molecular complexity index is 410. The van der Waals surface area contributed by atoms with Crippen LogP contribution < -0.4 is 56.5 Å². The van der Waals surface area contributed by atoms with Crippen LogP contribution in [0.1, 0.15) is 122 Å². The van der Waals surface area contributed by atoms with Gasteiger partial charge in [0.15, 0.2) is 0 Å². The Morgan fingerprint density at radius 1 is 0.759 bits per heavy atom. The zero-order valence-corrected chi connectivity index (χ0v) is 22.3. The Hall–Kier alpha value is 0.316. The van der Waals surface area contributed by atoms with Crippen molar-refractivity contribution in [3.8, 4) is 0 Å². The van der Waals surface area contributed by atoms with Crippen LogP contribution in [0.4, 0.5) is 0 Å². The van der Waals surface area contributed by atoms with E-state index in [9.17, 15) is 14.7 Å². The molecule has 0 aliphatic carbocycles. The van der Waals surface area contributed by atoms with Crippen molar-refractivity contribution in [1.82, 2.24) is 0 Å². The zero-order valence-electron chi connectivity index (χ0n) is 19.1. The van der Waals surface area contributed by atoms with Gasteiger partial charge in [-0.3, -0.25) is 4.79 Å². The Balaban J connectivity index is 0. The van der Waals surface area contributed by atoms with Crippen LogP contribution in [-0.4, -0.2) is 17.0 Å². The molecule has 0 aliphatic heterocycles. The molecule has 0 aromatic rings. The van der Waals surface area contributed by atoms with E-state index in [-0.39, 0.29) is 57.8 Å². The minimum absolute atomic E-state index is 0. The van der Waals surface area contributed by atoms with Gasteiger partial charge in [0.25, 0.3) is 0 Å². The molecular formula is C24H43KO4. The van der Waals surface area contributed by atoms with E-state index in [1.807, 2.05) is 0 Å². The number of hydrogen-bond acceptors (Lipinski definition) is 3. The molecule has 5 heteroatoms.